The molecule has 4 heteroatoms. The molecule has 4 nitrogen and oxygen atoms in total. The summed E-state index contributed by atoms with van der Waals surface area (Å²) < 4.78 is 5.57. The van der Waals surface area contributed by atoms with Gasteiger partial charge >= 0.3 is 0 Å². The molecular weight excluding hydrogens is 276 g/mol. The van der Waals surface area contributed by atoms with Crippen LogP contribution in [0.15, 0.2) is 48.5 Å². The van der Waals surface area contributed by atoms with Crippen LogP contribution in [0.2, 0.25) is 0 Å². The number of amides is 1. The highest BCUT2D eigenvalue weighted by molar-refractivity contribution is 5.90. The van der Waals surface area contributed by atoms with Crippen molar-refractivity contribution >= 4 is 11.6 Å². The van der Waals surface area contributed by atoms with Crippen molar-refractivity contribution in [1.82, 2.24) is 0 Å². The summed E-state index contributed by atoms with van der Waals surface area (Å²) in [6.07, 6.45) is 0.309. The molecule has 0 aliphatic heterocycles. The molecule has 0 radical (unpaired) electrons. The first-order chi connectivity index (χ1) is 10.5. The minimum Gasteiger partial charge on any atom is -0.493 e. The summed E-state index contributed by atoms with van der Waals surface area (Å²) in [5, 5.41) is 2.85. The number of hydrogen-bond acceptors (Lipinski definition) is 3. The summed E-state index contributed by atoms with van der Waals surface area (Å²) in [7, 11) is 0. The van der Waals surface area contributed by atoms with Gasteiger partial charge < -0.3 is 15.8 Å². The molecule has 22 heavy (non-hydrogen) atoms. The second-order valence-corrected chi connectivity index (χ2v) is 5.37. The molecule has 3 N–H and O–H groups in total. The van der Waals surface area contributed by atoms with Gasteiger partial charge in [-0.05, 0) is 49.2 Å². The van der Waals surface area contributed by atoms with E-state index in [0.29, 0.717) is 13.0 Å². The Hall–Kier alpha value is -2.33. The molecule has 0 spiro atoms. The predicted molar refractivity (Wildman–Crippen MR) is 89.0 cm³/mol. The zero-order chi connectivity index (χ0) is 15.9. The maximum Gasteiger partial charge on any atom is 0.227 e. The first-order valence-electron chi connectivity index (χ1n) is 7.39. The van der Waals surface area contributed by atoms with Crippen LogP contribution in [-0.2, 0) is 4.79 Å². The van der Waals surface area contributed by atoms with Gasteiger partial charge in [0.2, 0.25) is 5.91 Å². The van der Waals surface area contributed by atoms with Crippen LogP contribution >= 0.6 is 0 Å². The minimum atomic E-state index is -0.0683. The molecular formula is C18H22N2O2. The third kappa shape index (κ3) is 4.90. The zero-order valence-corrected chi connectivity index (χ0v) is 13.0. The van der Waals surface area contributed by atoms with E-state index in [1.165, 1.54) is 0 Å². The van der Waals surface area contributed by atoms with Crippen LogP contribution in [0.25, 0.3) is 0 Å². The van der Waals surface area contributed by atoms with Gasteiger partial charge in [-0.3, -0.25) is 4.79 Å². The van der Waals surface area contributed by atoms with Gasteiger partial charge in [0, 0.05) is 11.7 Å². The lowest BCUT2D eigenvalue weighted by Gasteiger charge is -2.09. The van der Waals surface area contributed by atoms with Crippen LogP contribution in [0.3, 0.4) is 0 Å². The Balaban J connectivity index is 1.78. The number of rotatable bonds is 6. The van der Waals surface area contributed by atoms with Crippen LogP contribution in [0.4, 0.5) is 5.69 Å². The molecule has 0 heterocycles. The molecule has 116 valence electrons. The van der Waals surface area contributed by atoms with Crippen LogP contribution in [0.5, 0.6) is 5.75 Å². The number of anilines is 1. The molecule has 0 saturated carbocycles. The number of nitrogens with two attached hydrogens (primary N) is 1. The fourth-order valence-corrected chi connectivity index (χ4v) is 2.06. The second-order valence-electron chi connectivity index (χ2n) is 5.37. The van der Waals surface area contributed by atoms with E-state index in [0.717, 1.165) is 22.6 Å². The molecule has 2 aromatic rings. The molecule has 0 aliphatic rings. The summed E-state index contributed by atoms with van der Waals surface area (Å²) in [6.45, 7) is 4.29. The van der Waals surface area contributed by atoms with Gasteiger partial charge in [0.1, 0.15) is 5.75 Å². The summed E-state index contributed by atoms with van der Waals surface area (Å²) in [4.78, 5) is 11.9. The van der Waals surface area contributed by atoms with E-state index in [9.17, 15) is 4.79 Å². The van der Waals surface area contributed by atoms with E-state index in [1.807, 2.05) is 62.4 Å². The van der Waals surface area contributed by atoms with Crippen molar-refractivity contribution in [1.29, 1.82) is 0 Å². The van der Waals surface area contributed by atoms with Crippen molar-refractivity contribution in [3.63, 3.8) is 0 Å². The van der Waals surface area contributed by atoms with Crippen LogP contribution in [0.1, 0.15) is 30.5 Å². The maximum atomic E-state index is 11.9. The lowest BCUT2D eigenvalue weighted by Crippen LogP contribution is -2.15. The summed E-state index contributed by atoms with van der Waals surface area (Å²) in [5.41, 5.74) is 8.74. The molecule has 2 aromatic carbocycles. The van der Waals surface area contributed by atoms with Crippen molar-refractivity contribution in [2.75, 3.05) is 11.9 Å². The highest BCUT2D eigenvalue weighted by atomic mass is 16.5. The Labute approximate surface area is 131 Å². The van der Waals surface area contributed by atoms with Gasteiger partial charge in [-0.15, -0.1) is 0 Å². The Morgan fingerprint density at radius 2 is 1.95 bits per heavy atom. The number of carbonyl (C=O) groups excluding carboxylic acids is 1. The van der Waals surface area contributed by atoms with Crippen LogP contribution in [0, 0.1) is 6.92 Å². The Kier molecular flexibility index (Phi) is 5.55. The minimum absolute atomic E-state index is 0.00696. The van der Waals surface area contributed by atoms with Crippen molar-refractivity contribution in [3.05, 3.63) is 59.7 Å². The average molecular weight is 298 g/mol. The maximum absolute atomic E-state index is 11.9. The fourth-order valence-electron chi connectivity index (χ4n) is 2.06. The first-order valence-corrected chi connectivity index (χ1v) is 7.39. The lowest BCUT2D eigenvalue weighted by molar-refractivity contribution is -0.116. The van der Waals surface area contributed by atoms with E-state index in [1.54, 1.807) is 0 Å². The van der Waals surface area contributed by atoms with E-state index < -0.39 is 0 Å². The van der Waals surface area contributed by atoms with Gasteiger partial charge in [-0.25, -0.2) is 0 Å². The number of nitrogens with one attached hydrogen (secondary N) is 1. The summed E-state index contributed by atoms with van der Waals surface area (Å²) in [6, 6.07) is 15.3. The largest absolute Gasteiger partial charge is 0.493 e. The zero-order valence-electron chi connectivity index (χ0n) is 13.0. The topological polar surface area (TPSA) is 64.3 Å². The van der Waals surface area contributed by atoms with Gasteiger partial charge in [0.05, 0.1) is 13.0 Å². The molecule has 2 rings (SSSR count). The number of carbonyl (C=O) groups is 1. The third-order valence-electron chi connectivity index (χ3n) is 3.31. The Bertz CT molecular complexity index is 621. The second kappa shape index (κ2) is 7.61. The molecule has 0 fully saturated rings. The van der Waals surface area contributed by atoms with Gasteiger partial charge in [0.25, 0.3) is 0 Å². The summed E-state index contributed by atoms with van der Waals surface area (Å²) in [5.74, 6) is 0.718. The number of ether oxygens (including phenoxy) is 1. The third-order valence-corrected chi connectivity index (χ3v) is 3.31. The van der Waals surface area contributed by atoms with Crippen molar-refractivity contribution in [3.8, 4) is 5.75 Å². The molecule has 0 bridgehead atoms. The quantitative estimate of drug-likeness (QED) is 0.859. The number of aryl methyl sites for hydroxylation is 1. The predicted octanol–water partition coefficient (Wildman–Crippen LogP) is 3.42. The van der Waals surface area contributed by atoms with Crippen molar-refractivity contribution in [2.24, 2.45) is 5.73 Å². The lowest BCUT2D eigenvalue weighted by atomic mass is 10.1. The molecule has 1 amide bonds. The van der Waals surface area contributed by atoms with Crippen molar-refractivity contribution in [2.45, 2.75) is 26.3 Å². The Morgan fingerprint density at radius 1 is 1.23 bits per heavy atom. The monoisotopic (exact) mass is 298 g/mol. The SMILES string of the molecule is Cc1cccc(OCCC(=O)Nc2ccc(C(C)N)cc2)c1. The molecule has 0 saturated heterocycles. The average Bonchev–Trinajstić information content (AvgIpc) is 2.48. The number of hydrogen-bond donors (Lipinski definition) is 2. The fraction of sp³-hybridized carbons (Fsp3) is 0.278. The molecule has 1 atom stereocenters. The van der Waals surface area contributed by atoms with E-state index in [-0.39, 0.29) is 11.9 Å². The molecule has 1 unspecified atom stereocenters. The Morgan fingerprint density at radius 3 is 2.59 bits per heavy atom. The normalized spacial score (nSPS) is 11.8. The van der Waals surface area contributed by atoms with Gasteiger partial charge in [-0.2, -0.15) is 0 Å². The van der Waals surface area contributed by atoms with E-state index in [2.05, 4.69) is 5.32 Å². The standard InChI is InChI=1S/C18H22N2O2/c1-13-4-3-5-17(12-13)22-11-10-18(21)20-16-8-6-15(7-9-16)14(2)19/h3-9,12,14H,10-11,19H2,1-2H3,(H,20,21). The van der Waals surface area contributed by atoms with E-state index in [4.69, 9.17) is 10.5 Å². The van der Waals surface area contributed by atoms with Crippen molar-refractivity contribution < 1.29 is 9.53 Å². The van der Waals surface area contributed by atoms with Crippen LogP contribution in [-0.4, -0.2) is 12.5 Å². The van der Waals surface area contributed by atoms with Gasteiger partial charge in [0.15, 0.2) is 0 Å². The van der Waals surface area contributed by atoms with E-state index >= 15 is 0 Å². The van der Waals surface area contributed by atoms with Crippen LogP contribution < -0.4 is 15.8 Å². The van der Waals surface area contributed by atoms with Gasteiger partial charge in [-0.1, -0.05) is 24.3 Å². The molecule has 0 aromatic heterocycles. The molecule has 0 aliphatic carbocycles. The highest BCUT2D eigenvalue weighted by Gasteiger charge is 2.04. The smallest absolute Gasteiger partial charge is 0.227 e. The summed E-state index contributed by atoms with van der Waals surface area (Å²) >= 11 is 0. The number of benzene rings is 2. The highest BCUT2D eigenvalue weighted by Crippen LogP contribution is 2.15. The first kappa shape index (κ1) is 16.0.